The molecule has 7 nitrogen and oxygen atoms in total. The lowest BCUT2D eigenvalue weighted by atomic mass is 9.63. The second-order valence-corrected chi connectivity index (χ2v) is 9.77. The molecule has 0 radical (unpaired) electrons. The van der Waals surface area contributed by atoms with Gasteiger partial charge >= 0.3 is 6.18 Å². The maximum atomic E-state index is 14.1. The number of halogens is 3. The molecule has 3 aromatic heterocycles. The third-order valence-corrected chi connectivity index (χ3v) is 7.85. The third-order valence-electron chi connectivity index (χ3n) is 7.85. The van der Waals surface area contributed by atoms with Gasteiger partial charge in [-0.1, -0.05) is 19.4 Å². The summed E-state index contributed by atoms with van der Waals surface area (Å²) in [6, 6.07) is 7.97. The average molecular weight is 528 g/mol. The van der Waals surface area contributed by atoms with Gasteiger partial charge in [0.15, 0.2) is 5.75 Å². The minimum Gasteiger partial charge on any atom is -0.494 e. The smallest absolute Gasteiger partial charge is 0.422 e. The monoisotopic (exact) mass is 527 g/mol. The largest absolute Gasteiger partial charge is 0.494 e. The number of hydrogen-bond acceptors (Lipinski definition) is 7. The molecule has 2 atom stereocenters. The number of hydrogen-bond donors (Lipinski definition) is 1. The lowest BCUT2D eigenvalue weighted by Gasteiger charge is -2.51. The number of pyridine rings is 3. The van der Waals surface area contributed by atoms with Gasteiger partial charge in [0, 0.05) is 37.8 Å². The molecule has 10 heteroatoms. The molecule has 0 bridgehead atoms. The number of methoxy groups -OCH3 is 1. The number of nitrogens with zero attached hydrogens (tertiary/aromatic N) is 4. The highest BCUT2D eigenvalue weighted by atomic mass is 19.4. The molecular formula is C28H32F3N5O2. The van der Waals surface area contributed by atoms with Crippen molar-refractivity contribution < 1.29 is 22.6 Å². The quantitative estimate of drug-likeness (QED) is 0.470. The third kappa shape index (κ3) is 4.55. The van der Waals surface area contributed by atoms with Crippen LogP contribution in [-0.4, -0.2) is 48.3 Å². The molecule has 5 rings (SSSR count). The minimum atomic E-state index is -4.55. The summed E-state index contributed by atoms with van der Waals surface area (Å²) in [6.07, 6.45) is 1.09. The van der Waals surface area contributed by atoms with E-state index in [0.717, 1.165) is 36.1 Å². The average Bonchev–Trinajstić information content (AvgIpc) is 2.93. The zero-order chi connectivity index (χ0) is 26.9. The van der Waals surface area contributed by atoms with E-state index in [2.05, 4.69) is 28.3 Å². The fourth-order valence-corrected chi connectivity index (χ4v) is 6.08. The Morgan fingerprint density at radius 1 is 1.18 bits per heavy atom. The van der Waals surface area contributed by atoms with E-state index in [1.165, 1.54) is 18.9 Å². The zero-order valence-electron chi connectivity index (χ0n) is 21.8. The highest BCUT2D eigenvalue weighted by Crippen LogP contribution is 2.48. The van der Waals surface area contributed by atoms with E-state index < -0.39 is 11.7 Å². The molecule has 0 aliphatic carbocycles. The normalized spacial score (nSPS) is 21.3. The Morgan fingerprint density at radius 2 is 2.03 bits per heavy atom. The van der Waals surface area contributed by atoms with E-state index in [-0.39, 0.29) is 22.8 Å². The fourth-order valence-electron chi connectivity index (χ4n) is 6.08. The van der Waals surface area contributed by atoms with Gasteiger partial charge in [0.1, 0.15) is 5.56 Å². The summed E-state index contributed by atoms with van der Waals surface area (Å²) in [5.41, 5.74) is 2.84. The van der Waals surface area contributed by atoms with Crippen LogP contribution in [0.2, 0.25) is 0 Å². The summed E-state index contributed by atoms with van der Waals surface area (Å²) in [5, 5.41) is 3.55. The second-order valence-electron chi connectivity index (χ2n) is 9.77. The first-order valence-electron chi connectivity index (χ1n) is 13.0. The van der Waals surface area contributed by atoms with Gasteiger partial charge in [0.2, 0.25) is 5.88 Å². The number of fused-ring (bicyclic) bond motifs is 2. The predicted octanol–water partition coefficient (Wildman–Crippen LogP) is 5.24. The summed E-state index contributed by atoms with van der Waals surface area (Å²) < 4.78 is 53.0. The molecule has 1 N–H and O–H groups in total. The Hall–Kier alpha value is -3.40. The Labute approximate surface area is 220 Å². The van der Waals surface area contributed by atoms with Gasteiger partial charge in [-0.25, -0.2) is 4.98 Å². The molecule has 2 aliphatic heterocycles. The van der Waals surface area contributed by atoms with Crippen LogP contribution in [0.15, 0.2) is 42.9 Å². The molecule has 2 aliphatic rings. The van der Waals surface area contributed by atoms with Crippen molar-refractivity contribution >= 4 is 5.69 Å². The van der Waals surface area contributed by atoms with Crippen molar-refractivity contribution in [2.24, 2.45) is 5.92 Å². The van der Waals surface area contributed by atoms with Gasteiger partial charge in [-0.05, 0) is 43.0 Å². The number of piperidine rings is 1. The van der Waals surface area contributed by atoms with Crippen molar-refractivity contribution in [1.29, 1.82) is 0 Å². The summed E-state index contributed by atoms with van der Waals surface area (Å²) >= 11 is 0. The topological polar surface area (TPSA) is 72.4 Å². The highest BCUT2D eigenvalue weighted by molar-refractivity contribution is 5.66. The van der Waals surface area contributed by atoms with Gasteiger partial charge in [-0.3, -0.25) is 9.97 Å². The fraction of sp³-hybridized carbons (Fsp3) is 0.464. The molecule has 202 valence electrons. The molecule has 0 aromatic carbocycles. The van der Waals surface area contributed by atoms with Crippen molar-refractivity contribution in [3.8, 4) is 22.9 Å². The molecule has 0 amide bonds. The van der Waals surface area contributed by atoms with Crippen LogP contribution in [0.1, 0.15) is 43.5 Å². The van der Waals surface area contributed by atoms with E-state index >= 15 is 0 Å². The molecule has 1 saturated heterocycles. The van der Waals surface area contributed by atoms with Gasteiger partial charge in [-0.15, -0.1) is 0 Å². The van der Waals surface area contributed by atoms with Crippen molar-refractivity contribution in [3.05, 3.63) is 59.7 Å². The van der Waals surface area contributed by atoms with Crippen molar-refractivity contribution in [3.63, 3.8) is 0 Å². The van der Waals surface area contributed by atoms with Crippen LogP contribution >= 0.6 is 0 Å². The van der Waals surface area contributed by atoms with Crippen LogP contribution in [0.4, 0.5) is 18.9 Å². The van der Waals surface area contributed by atoms with Crippen molar-refractivity contribution in [1.82, 2.24) is 20.3 Å². The van der Waals surface area contributed by atoms with Crippen molar-refractivity contribution in [2.45, 2.75) is 44.8 Å². The van der Waals surface area contributed by atoms with Crippen LogP contribution < -0.4 is 19.7 Å². The van der Waals surface area contributed by atoms with Crippen LogP contribution in [-0.2, 0) is 18.1 Å². The second kappa shape index (κ2) is 10.4. The molecule has 1 unspecified atom stereocenters. The Balaban J connectivity index is 1.50. The highest BCUT2D eigenvalue weighted by Gasteiger charge is 2.48. The summed E-state index contributed by atoms with van der Waals surface area (Å²) in [7, 11) is 1.24. The van der Waals surface area contributed by atoms with E-state index in [1.54, 1.807) is 6.20 Å². The first-order valence-corrected chi connectivity index (χ1v) is 13.0. The SMILES string of the molecule is CCOc1ncccc1-c1ccc2c(n1)CNCC21CCN(c2cncc(OC)c2C(F)(F)F)C[C@H]1CC. The molecule has 0 saturated carbocycles. The molecule has 1 fully saturated rings. The maximum absolute atomic E-state index is 14.1. The van der Waals surface area contributed by atoms with Crippen LogP contribution in [0, 0.1) is 5.92 Å². The predicted molar refractivity (Wildman–Crippen MR) is 138 cm³/mol. The standard InChI is InChI=1S/C28H32F3N5O2/c1-4-18-16-36(23-14-32-15-24(37-3)25(23)28(29,30)31)12-10-27(18)17-33-13-22-20(27)8-9-21(35-22)19-7-6-11-34-26(19)38-5-2/h6-9,11,14-15,18,33H,4-5,10,12-13,16-17H2,1-3H3/t18-,27?/m1/s1. The summed E-state index contributed by atoms with van der Waals surface area (Å²) in [4.78, 5) is 15.2. The first-order chi connectivity index (χ1) is 18.3. The van der Waals surface area contributed by atoms with Gasteiger partial charge in [-0.2, -0.15) is 13.2 Å². The Bertz CT molecular complexity index is 1300. The number of aromatic nitrogens is 3. The number of ether oxygens (including phenoxy) is 2. The maximum Gasteiger partial charge on any atom is 0.422 e. The van der Waals surface area contributed by atoms with E-state index in [1.807, 2.05) is 30.0 Å². The first kappa shape index (κ1) is 26.2. The van der Waals surface area contributed by atoms with Crippen molar-refractivity contribution in [2.75, 3.05) is 38.3 Å². The van der Waals surface area contributed by atoms with Crippen LogP contribution in [0.3, 0.4) is 0 Å². The van der Waals surface area contributed by atoms with Gasteiger partial charge < -0.3 is 19.7 Å². The van der Waals surface area contributed by atoms with E-state index in [0.29, 0.717) is 38.5 Å². The number of rotatable bonds is 6. The molecule has 38 heavy (non-hydrogen) atoms. The summed E-state index contributed by atoms with van der Waals surface area (Å²) in [6.45, 7) is 6.86. The van der Waals surface area contributed by atoms with Crippen LogP contribution in [0.25, 0.3) is 11.3 Å². The van der Waals surface area contributed by atoms with Gasteiger partial charge in [0.25, 0.3) is 0 Å². The lowest BCUT2D eigenvalue weighted by Crippen LogP contribution is -2.57. The van der Waals surface area contributed by atoms with E-state index in [4.69, 9.17) is 14.5 Å². The number of alkyl halides is 3. The van der Waals surface area contributed by atoms with Crippen LogP contribution in [0.5, 0.6) is 11.6 Å². The lowest BCUT2D eigenvalue weighted by molar-refractivity contribution is -0.138. The Morgan fingerprint density at radius 3 is 2.76 bits per heavy atom. The zero-order valence-corrected chi connectivity index (χ0v) is 21.8. The summed E-state index contributed by atoms with van der Waals surface area (Å²) in [5.74, 6) is 0.403. The number of anilines is 1. The Kier molecular flexibility index (Phi) is 7.17. The molecule has 5 heterocycles. The molecular weight excluding hydrogens is 495 g/mol. The van der Waals surface area contributed by atoms with E-state index in [9.17, 15) is 13.2 Å². The molecule has 1 spiro atoms. The number of nitrogens with one attached hydrogen (secondary N) is 1. The van der Waals surface area contributed by atoms with Gasteiger partial charge in [0.05, 0.1) is 48.7 Å². The molecule has 3 aromatic rings. The minimum absolute atomic E-state index is 0.0719.